The number of likely N-dealkylation sites (tertiary alicyclic amines) is 1. The molecule has 28 heavy (non-hydrogen) atoms. The van der Waals surface area contributed by atoms with E-state index in [0.29, 0.717) is 17.6 Å². The number of phenols is 1. The number of hydrogen-bond donors (Lipinski definition) is 1. The summed E-state index contributed by atoms with van der Waals surface area (Å²) in [6.45, 7) is 13.8. The number of aromatic hydroxyl groups is 1. The van der Waals surface area contributed by atoms with E-state index in [1.807, 2.05) is 18.2 Å². The molecular formula is C26H37NO. The van der Waals surface area contributed by atoms with Gasteiger partial charge in [0.05, 0.1) is 0 Å². The Balaban J connectivity index is 1.95. The van der Waals surface area contributed by atoms with Crippen molar-refractivity contribution in [1.29, 1.82) is 0 Å². The van der Waals surface area contributed by atoms with Gasteiger partial charge in [-0.25, -0.2) is 0 Å². The number of phenolic OH excluding ortho intramolecular Hbond substituents is 1. The summed E-state index contributed by atoms with van der Waals surface area (Å²) in [5.74, 6) is 1.50. The Morgan fingerprint density at radius 1 is 1.18 bits per heavy atom. The molecule has 1 heterocycles. The maximum atomic E-state index is 11.1. The molecule has 0 amide bonds. The van der Waals surface area contributed by atoms with Crippen molar-refractivity contribution in [3.05, 3.63) is 59.2 Å². The summed E-state index contributed by atoms with van der Waals surface area (Å²) in [7, 11) is 0. The highest BCUT2D eigenvalue weighted by atomic mass is 16.3. The Morgan fingerprint density at radius 2 is 1.86 bits per heavy atom. The molecule has 0 spiro atoms. The van der Waals surface area contributed by atoms with Crippen LogP contribution in [-0.2, 0) is 6.54 Å². The maximum Gasteiger partial charge on any atom is 0.124 e. The molecule has 1 aromatic rings. The van der Waals surface area contributed by atoms with Crippen LogP contribution in [0.2, 0.25) is 0 Å². The third-order valence-corrected chi connectivity index (χ3v) is 6.21. The van der Waals surface area contributed by atoms with E-state index in [-0.39, 0.29) is 0 Å². The van der Waals surface area contributed by atoms with Crippen molar-refractivity contribution in [3.63, 3.8) is 0 Å². The Kier molecular flexibility index (Phi) is 7.18. The predicted octanol–water partition coefficient (Wildman–Crippen LogP) is 6.82. The minimum absolute atomic E-state index is 0.426. The summed E-state index contributed by atoms with van der Waals surface area (Å²) in [5, 5.41) is 11.1. The van der Waals surface area contributed by atoms with Crippen molar-refractivity contribution in [2.45, 2.75) is 71.8 Å². The van der Waals surface area contributed by atoms with E-state index < -0.39 is 0 Å². The standard InChI is InChI=1S/C26H37NO/c1-5-10-23(15-20(4)19(2)3)26-24(22-11-12-22)16-21(17-25(26)28)18-27-13-8-6-7-9-14-27/h5,10,15-17,19,22,28H,1,6-9,11-14,18H2,2-4H3/b20-15-,23-10+. The molecule has 0 atom stereocenters. The quantitative estimate of drug-likeness (QED) is 0.526. The Morgan fingerprint density at radius 3 is 2.43 bits per heavy atom. The monoisotopic (exact) mass is 379 g/mol. The zero-order chi connectivity index (χ0) is 20.1. The Hall–Kier alpha value is -1.80. The number of allylic oxidation sites excluding steroid dienone is 5. The lowest BCUT2D eigenvalue weighted by atomic mass is 9.90. The van der Waals surface area contributed by atoms with Crippen molar-refractivity contribution in [2.75, 3.05) is 13.1 Å². The number of nitrogens with zero attached hydrogens (tertiary/aromatic N) is 1. The fraction of sp³-hybridized carbons (Fsp3) is 0.538. The van der Waals surface area contributed by atoms with Crippen LogP contribution in [0.25, 0.3) is 5.57 Å². The van der Waals surface area contributed by atoms with Gasteiger partial charge < -0.3 is 5.11 Å². The average Bonchev–Trinajstić information content (AvgIpc) is 3.49. The molecule has 152 valence electrons. The van der Waals surface area contributed by atoms with Gasteiger partial charge in [0.1, 0.15) is 5.75 Å². The summed E-state index contributed by atoms with van der Waals surface area (Å²) >= 11 is 0. The third-order valence-electron chi connectivity index (χ3n) is 6.21. The van der Waals surface area contributed by atoms with E-state index in [2.05, 4.69) is 44.4 Å². The first-order valence-corrected chi connectivity index (χ1v) is 11.1. The second-order valence-corrected chi connectivity index (χ2v) is 8.94. The van der Waals surface area contributed by atoms with Crippen molar-refractivity contribution in [3.8, 4) is 5.75 Å². The van der Waals surface area contributed by atoms with Crippen molar-refractivity contribution < 1.29 is 5.11 Å². The Labute approximate surface area is 171 Å². The summed E-state index contributed by atoms with van der Waals surface area (Å²) < 4.78 is 0. The number of benzene rings is 1. The van der Waals surface area contributed by atoms with E-state index in [9.17, 15) is 5.11 Å². The minimum Gasteiger partial charge on any atom is -0.507 e. The van der Waals surface area contributed by atoms with Crippen LogP contribution in [0.5, 0.6) is 5.75 Å². The lowest BCUT2D eigenvalue weighted by Crippen LogP contribution is -2.24. The fourth-order valence-corrected chi connectivity index (χ4v) is 4.13. The van der Waals surface area contributed by atoms with E-state index in [0.717, 1.165) is 17.7 Å². The summed E-state index contributed by atoms with van der Waals surface area (Å²) in [6, 6.07) is 4.37. The molecule has 1 aromatic carbocycles. The highest BCUT2D eigenvalue weighted by Crippen LogP contribution is 2.46. The normalized spacial score (nSPS) is 19.7. The van der Waals surface area contributed by atoms with Gasteiger partial charge in [-0.1, -0.05) is 63.1 Å². The highest BCUT2D eigenvalue weighted by Gasteiger charge is 2.29. The zero-order valence-corrected chi connectivity index (χ0v) is 18.0. The molecule has 1 saturated heterocycles. The maximum absolute atomic E-state index is 11.1. The molecule has 2 nitrogen and oxygen atoms in total. The molecule has 1 aliphatic carbocycles. The van der Waals surface area contributed by atoms with Crippen LogP contribution in [0, 0.1) is 5.92 Å². The second kappa shape index (κ2) is 9.60. The molecule has 2 fully saturated rings. The van der Waals surface area contributed by atoms with Gasteiger partial charge in [-0.05, 0) is 80.3 Å². The van der Waals surface area contributed by atoms with Gasteiger partial charge in [-0.2, -0.15) is 0 Å². The molecule has 1 saturated carbocycles. The van der Waals surface area contributed by atoms with Crippen LogP contribution in [0.3, 0.4) is 0 Å². The molecule has 2 aliphatic rings. The van der Waals surface area contributed by atoms with E-state index >= 15 is 0 Å². The first-order valence-electron chi connectivity index (χ1n) is 11.1. The summed E-state index contributed by atoms with van der Waals surface area (Å²) in [6.07, 6.45) is 13.9. The molecule has 0 bridgehead atoms. The van der Waals surface area contributed by atoms with Crippen LogP contribution >= 0.6 is 0 Å². The predicted molar refractivity (Wildman–Crippen MR) is 121 cm³/mol. The highest BCUT2D eigenvalue weighted by molar-refractivity contribution is 5.82. The van der Waals surface area contributed by atoms with Gasteiger partial charge in [-0.15, -0.1) is 0 Å². The van der Waals surface area contributed by atoms with Gasteiger partial charge in [0, 0.05) is 12.1 Å². The van der Waals surface area contributed by atoms with Crippen LogP contribution in [0.1, 0.15) is 81.9 Å². The topological polar surface area (TPSA) is 23.5 Å². The summed E-state index contributed by atoms with van der Waals surface area (Å²) in [5.41, 5.74) is 6.00. The smallest absolute Gasteiger partial charge is 0.124 e. The molecule has 0 radical (unpaired) electrons. The van der Waals surface area contributed by atoms with Gasteiger partial charge >= 0.3 is 0 Å². The Bertz CT molecular complexity index is 744. The van der Waals surface area contributed by atoms with E-state index in [1.54, 1.807) is 0 Å². The van der Waals surface area contributed by atoms with E-state index in [1.165, 1.54) is 68.3 Å². The minimum atomic E-state index is 0.426. The molecule has 3 rings (SSSR count). The largest absolute Gasteiger partial charge is 0.507 e. The van der Waals surface area contributed by atoms with Gasteiger partial charge in [0.15, 0.2) is 0 Å². The molecule has 1 N–H and O–H groups in total. The SMILES string of the molecule is C=C/C=C(\C=C(\C)C(C)C)c1c(O)cc(CN2CCCCCC2)cc1C1CC1. The fourth-order valence-electron chi connectivity index (χ4n) is 4.13. The molecule has 2 heteroatoms. The second-order valence-electron chi connectivity index (χ2n) is 8.94. The van der Waals surface area contributed by atoms with Crippen molar-refractivity contribution >= 4 is 5.57 Å². The number of rotatable bonds is 7. The van der Waals surface area contributed by atoms with Gasteiger partial charge in [0.25, 0.3) is 0 Å². The van der Waals surface area contributed by atoms with E-state index in [4.69, 9.17) is 0 Å². The van der Waals surface area contributed by atoms with Crippen molar-refractivity contribution in [2.24, 2.45) is 5.92 Å². The molecule has 0 unspecified atom stereocenters. The van der Waals surface area contributed by atoms with Crippen LogP contribution in [-0.4, -0.2) is 23.1 Å². The number of hydrogen-bond acceptors (Lipinski definition) is 2. The molecular weight excluding hydrogens is 342 g/mol. The lowest BCUT2D eigenvalue weighted by Gasteiger charge is -2.22. The zero-order valence-electron chi connectivity index (χ0n) is 18.0. The van der Waals surface area contributed by atoms with Crippen LogP contribution < -0.4 is 0 Å². The average molecular weight is 380 g/mol. The first-order chi connectivity index (χ1) is 13.5. The van der Waals surface area contributed by atoms with Crippen LogP contribution in [0.4, 0.5) is 0 Å². The molecule has 0 aromatic heterocycles. The van der Waals surface area contributed by atoms with Crippen molar-refractivity contribution in [1.82, 2.24) is 4.90 Å². The van der Waals surface area contributed by atoms with Gasteiger partial charge in [-0.3, -0.25) is 4.90 Å². The van der Waals surface area contributed by atoms with Gasteiger partial charge in [0.2, 0.25) is 0 Å². The van der Waals surface area contributed by atoms with Crippen LogP contribution in [0.15, 0.2) is 42.5 Å². The lowest BCUT2D eigenvalue weighted by molar-refractivity contribution is 0.276. The first kappa shape index (κ1) is 20.9. The third kappa shape index (κ3) is 5.38. The summed E-state index contributed by atoms with van der Waals surface area (Å²) in [4.78, 5) is 2.56. The molecule has 1 aliphatic heterocycles.